The van der Waals surface area contributed by atoms with Gasteiger partial charge in [-0.05, 0) is 55.5 Å². The second-order valence-electron chi connectivity index (χ2n) is 5.68. The maximum atomic E-state index is 12.2. The first kappa shape index (κ1) is 17.2. The minimum Gasteiger partial charge on any atom is -0.324 e. The van der Waals surface area contributed by atoms with Crippen molar-refractivity contribution in [3.05, 3.63) is 89.7 Å². The Labute approximate surface area is 150 Å². The Morgan fingerprint density at radius 2 is 1.31 bits per heavy atom. The molecule has 0 atom stereocenters. The monoisotopic (exact) mass is 347 g/mol. The van der Waals surface area contributed by atoms with Gasteiger partial charge in [0.2, 0.25) is 0 Å². The Bertz CT molecular complexity index is 945. The molecule has 3 aromatic rings. The molecule has 6 nitrogen and oxygen atoms in total. The summed E-state index contributed by atoms with van der Waals surface area (Å²) < 4.78 is 1.92. The standard InChI is InChI=1S/C20H17N3O3/c1-14(24)16-5-4-6-17(13-16)20(26)22-21-19(25)15-7-9-18(10-8-15)23-11-2-3-12-23/h2-13H,1H3,(H,21,25)(H,22,26). The molecule has 0 aliphatic rings. The van der Waals surface area contributed by atoms with E-state index in [2.05, 4.69) is 10.9 Å². The summed E-state index contributed by atoms with van der Waals surface area (Å²) in [6, 6.07) is 17.1. The van der Waals surface area contributed by atoms with Crippen molar-refractivity contribution in [3.8, 4) is 5.69 Å². The predicted molar refractivity (Wildman–Crippen MR) is 97.1 cm³/mol. The molecule has 130 valence electrons. The number of hydrazine groups is 1. The fourth-order valence-electron chi connectivity index (χ4n) is 2.43. The maximum absolute atomic E-state index is 12.2. The van der Waals surface area contributed by atoms with Crippen molar-refractivity contribution >= 4 is 17.6 Å². The molecule has 0 unspecified atom stereocenters. The van der Waals surface area contributed by atoms with Crippen molar-refractivity contribution in [1.29, 1.82) is 0 Å². The van der Waals surface area contributed by atoms with E-state index in [4.69, 9.17) is 0 Å². The maximum Gasteiger partial charge on any atom is 0.269 e. The summed E-state index contributed by atoms with van der Waals surface area (Å²) in [6.45, 7) is 1.43. The van der Waals surface area contributed by atoms with Crippen LogP contribution in [-0.4, -0.2) is 22.2 Å². The molecule has 2 amide bonds. The SMILES string of the molecule is CC(=O)c1cccc(C(=O)NNC(=O)c2ccc(-n3cccc3)cc2)c1. The molecule has 0 saturated carbocycles. The highest BCUT2D eigenvalue weighted by Gasteiger charge is 2.10. The molecule has 6 heteroatoms. The van der Waals surface area contributed by atoms with Gasteiger partial charge in [-0.15, -0.1) is 0 Å². The van der Waals surface area contributed by atoms with Gasteiger partial charge in [0, 0.05) is 34.8 Å². The first-order valence-electron chi connectivity index (χ1n) is 8.00. The van der Waals surface area contributed by atoms with Crippen LogP contribution < -0.4 is 10.9 Å². The van der Waals surface area contributed by atoms with Crippen LogP contribution in [0.4, 0.5) is 0 Å². The zero-order valence-corrected chi connectivity index (χ0v) is 14.1. The molecular weight excluding hydrogens is 330 g/mol. The minimum absolute atomic E-state index is 0.133. The Morgan fingerprint density at radius 1 is 0.731 bits per heavy atom. The largest absolute Gasteiger partial charge is 0.324 e. The molecule has 2 N–H and O–H groups in total. The number of Topliss-reactive ketones (excluding diaryl/α,β-unsaturated/α-hetero) is 1. The van der Waals surface area contributed by atoms with Crippen LogP contribution in [0.3, 0.4) is 0 Å². The van der Waals surface area contributed by atoms with Crippen molar-refractivity contribution in [3.63, 3.8) is 0 Å². The van der Waals surface area contributed by atoms with Crippen molar-refractivity contribution in [2.75, 3.05) is 0 Å². The number of nitrogens with one attached hydrogen (secondary N) is 2. The van der Waals surface area contributed by atoms with E-state index >= 15 is 0 Å². The van der Waals surface area contributed by atoms with E-state index in [0.717, 1.165) is 5.69 Å². The molecule has 0 fully saturated rings. The first-order valence-corrected chi connectivity index (χ1v) is 8.00. The zero-order chi connectivity index (χ0) is 18.5. The molecule has 0 bridgehead atoms. The molecule has 0 aliphatic heterocycles. The van der Waals surface area contributed by atoms with Crippen LogP contribution in [0.2, 0.25) is 0 Å². The average molecular weight is 347 g/mol. The predicted octanol–water partition coefficient (Wildman–Crippen LogP) is 2.75. The number of aromatic nitrogens is 1. The molecule has 0 spiro atoms. The van der Waals surface area contributed by atoms with Gasteiger partial charge in [-0.3, -0.25) is 25.2 Å². The fourth-order valence-corrected chi connectivity index (χ4v) is 2.43. The zero-order valence-electron chi connectivity index (χ0n) is 14.1. The first-order chi connectivity index (χ1) is 12.5. The highest BCUT2D eigenvalue weighted by molar-refractivity contribution is 6.01. The Balaban J connectivity index is 1.62. The molecule has 1 aromatic heterocycles. The molecule has 3 rings (SSSR count). The van der Waals surface area contributed by atoms with Crippen LogP contribution in [0.1, 0.15) is 38.0 Å². The van der Waals surface area contributed by atoms with Gasteiger partial charge in [-0.1, -0.05) is 12.1 Å². The van der Waals surface area contributed by atoms with Gasteiger partial charge in [0.1, 0.15) is 0 Å². The summed E-state index contributed by atoms with van der Waals surface area (Å²) in [7, 11) is 0. The van der Waals surface area contributed by atoms with Crippen molar-refractivity contribution in [1.82, 2.24) is 15.4 Å². The van der Waals surface area contributed by atoms with Crippen LogP contribution in [0.25, 0.3) is 5.69 Å². The van der Waals surface area contributed by atoms with Gasteiger partial charge in [0.15, 0.2) is 5.78 Å². The number of carbonyl (C=O) groups excluding carboxylic acids is 3. The van der Waals surface area contributed by atoms with Crippen LogP contribution in [0.15, 0.2) is 73.1 Å². The normalized spacial score (nSPS) is 10.2. The number of hydrogen-bond donors (Lipinski definition) is 2. The fraction of sp³-hybridized carbons (Fsp3) is 0.0500. The number of amides is 2. The van der Waals surface area contributed by atoms with Gasteiger partial charge in [0.25, 0.3) is 11.8 Å². The van der Waals surface area contributed by atoms with Crippen molar-refractivity contribution in [2.24, 2.45) is 0 Å². The highest BCUT2D eigenvalue weighted by atomic mass is 16.2. The third kappa shape index (κ3) is 3.87. The minimum atomic E-state index is -0.495. The molecule has 0 aliphatic carbocycles. The molecule has 0 radical (unpaired) electrons. The average Bonchev–Trinajstić information content (AvgIpc) is 3.21. The van der Waals surface area contributed by atoms with Crippen molar-refractivity contribution in [2.45, 2.75) is 6.92 Å². The topological polar surface area (TPSA) is 80.2 Å². The third-order valence-electron chi connectivity index (χ3n) is 3.85. The smallest absolute Gasteiger partial charge is 0.269 e. The summed E-state index contributed by atoms with van der Waals surface area (Å²) in [5.74, 6) is -1.06. The van der Waals surface area contributed by atoms with Gasteiger partial charge in [0.05, 0.1) is 0 Å². The highest BCUT2D eigenvalue weighted by Crippen LogP contribution is 2.10. The molecular formula is C20H17N3O3. The second kappa shape index (κ2) is 7.48. The lowest BCUT2D eigenvalue weighted by molar-refractivity contribution is 0.0846. The summed E-state index contributed by atoms with van der Waals surface area (Å²) >= 11 is 0. The Hall–Kier alpha value is -3.67. The van der Waals surface area contributed by atoms with Crippen LogP contribution in [0.5, 0.6) is 0 Å². The third-order valence-corrected chi connectivity index (χ3v) is 3.85. The molecule has 1 heterocycles. The van der Waals surface area contributed by atoms with Crippen LogP contribution in [0, 0.1) is 0 Å². The summed E-state index contributed by atoms with van der Waals surface area (Å²) in [5.41, 5.74) is 6.79. The summed E-state index contributed by atoms with van der Waals surface area (Å²) in [5, 5.41) is 0. The van der Waals surface area contributed by atoms with Gasteiger partial charge >= 0.3 is 0 Å². The second-order valence-corrected chi connectivity index (χ2v) is 5.68. The Kier molecular flexibility index (Phi) is 4.94. The summed E-state index contributed by atoms with van der Waals surface area (Å²) in [6.07, 6.45) is 3.81. The van der Waals surface area contributed by atoms with E-state index in [-0.39, 0.29) is 5.78 Å². The van der Waals surface area contributed by atoms with Gasteiger partial charge in [-0.2, -0.15) is 0 Å². The van der Waals surface area contributed by atoms with E-state index in [1.807, 2.05) is 41.2 Å². The lowest BCUT2D eigenvalue weighted by atomic mass is 10.1. The quantitative estimate of drug-likeness (QED) is 0.562. The lowest BCUT2D eigenvalue weighted by Crippen LogP contribution is -2.41. The molecule has 26 heavy (non-hydrogen) atoms. The number of benzene rings is 2. The van der Waals surface area contributed by atoms with E-state index in [9.17, 15) is 14.4 Å². The number of rotatable bonds is 4. The van der Waals surface area contributed by atoms with Crippen molar-refractivity contribution < 1.29 is 14.4 Å². The molecule has 2 aromatic carbocycles. The van der Waals surface area contributed by atoms with Gasteiger partial charge < -0.3 is 4.57 Å². The number of carbonyl (C=O) groups is 3. The van der Waals surface area contributed by atoms with E-state index in [1.165, 1.54) is 13.0 Å². The van der Waals surface area contributed by atoms with Gasteiger partial charge in [-0.25, -0.2) is 0 Å². The van der Waals surface area contributed by atoms with Crippen LogP contribution in [-0.2, 0) is 0 Å². The lowest BCUT2D eigenvalue weighted by Gasteiger charge is -2.09. The Morgan fingerprint density at radius 3 is 1.92 bits per heavy atom. The molecule has 0 saturated heterocycles. The van der Waals surface area contributed by atoms with E-state index < -0.39 is 11.8 Å². The van der Waals surface area contributed by atoms with E-state index in [0.29, 0.717) is 16.7 Å². The summed E-state index contributed by atoms with van der Waals surface area (Å²) in [4.78, 5) is 35.7. The number of hydrogen-bond acceptors (Lipinski definition) is 3. The van der Waals surface area contributed by atoms with E-state index in [1.54, 1.807) is 30.3 Å². The number of ketones is 1. The van der Waals surface area contributed by atoms with Crippen LogP contribution >= 0.6 is 0 Å². The number of nitrogens with zero attached hydrogens (tertiary/aromatic N) is 1.